The molecule has 102 valence electrons. The first-order valence-electron chi connectivity index (χ1n) is 6.46. The van der Waals surface area contributed by atoms with Gasteiger partial charge in [-0.2, -0.15) is 0 Å². The predicted molar refractivity (Wildman–Crippen MR) is 80.2 cm³/mol. The van der Waals surface area contributed by atoms with E-state index in [1.165, 1.54) is 6.07 Å². The normalized spacial score (nSPS) is 10.6. The molecule has 0 saturated carbocycles. The van der Waals surface area contributed by atoms with Gasteiger partial charge >= 0.3 is 0 Å². The van der Waals surface area contributed by atoms with Crippen LogP contribution in [-0.2, 0) is 0 Å². The zero-order valence-corrected chi connectivity index (χ0v) is 11.8. The second-order valence-electron chi connectivity index (χ2n) is 5.10. The van der Waals surface area contributed by atoms with Crippen molar-refractivity contribution in [3.8, 4) is 11.1 Å². The predicted octanol–water partition coefficient (Wildman–Crippen LogP) is 3.94. The number of nitroso groups, excluding NO2 is 1. The first-order chi connectivity index (χ1) is 9.52. The lowest BCUT2D eigenvalue weighted by molar-refractivity contribution is 0.868. The van der Waals surface area contributed by atoms with Crippen molar-refractivity contribution in [2.45, 2.75) is 26.7 Å². The molecular formula is C16H16N2O2. The number of hydrogen-bond donors (Lipinski definition) is 0. The molecule has 2 rings (SSSR count). The van der Waals surface area contributed by atoms with Gasteiger partial charge in [0.25, 0.3) is 0 Å². The molecule has 0 amide bonds. The smallest absolute Gasteiger partial charge is 0.215 e. The molecule has 0 aliphatic heterocycles. The highest BCUT2D eigenvalue weighted by molar-refractivity contribution is 5.66. The van der Waals surface area contributed by atoms with Crippen LogP contribution in [0.5, 0.6) is 0 Å². The maximum Gasteiger partial charge on any atom is 0.215 e. The topological polar surface area (TPSA) is 59.4 Å². The van der Waals surface area contributed by atoms with Crippen LogP contribution in [0.25, 0.3) is 11.1 Å². The van der Waals surface area contributed by atoms with Gasteiger partial charge in [0.05, 0.1) is 0 Å². The molecule has 1 aromatic heterocycles. The van der Waals surface area contributed by atoms with Crippen LogP contribution in [-0.4, -0.2) is 4.98 Å². The van der Waals surface area contributed by atoms with E-state index in [2.05, 4.69) is 10.2 Å². The van der Waals surface area contributed by atoms with E-state index < -0.39 is 0 Å². The lowest BCUT2D eigenvalue weighted by Crippen LogP contribution is -2.01. The van der Waals surface area contributed by atoms with Gasteiger partial charge < -0.3 is 0 Å². The van der Waals surface area contributed by atoms with Crippen molar-refractivity contribution in [2.75, 3.05) is 0 Å². The Morgan fingerprint density at radius 1 is 1.15 bits per heavy atom. The molecule has 0 atom stereocenters. The highest BCUT2D eigenvalue weighted by Crippen LogP contribution is 2.22. The number of aryl methyl sites for hydroxylation is 1. The van der Waals surface area contributed by atoms with Crippen LogP contribution < -0.4 is 5.43 Å². The van der Waals surface area contributed by atoms with Crippen LogP contribution in [0.4, 0.5) is 5.69 Å². The summed E-state index contributed by atoms with van der Waals surface area (Å²) in [5.74, 6) is 0.248. The molecular weight excluding hydrogens is 252 g/mol. The molecule has 4 heteroatoms. The summed E-state index contributed by atoms with van der Waals surface area (Å²) >= 11 is 0. The van der Waals surface area contributed by atoms with E-state index in [1.54, 1.807) is 18.5 Å². The molecule has 0 saturated heterocycles. The molecule has 1 heterocycles. The Labute approximate surface area is 117 Å². The largest absolute Gasteiger partial charge is 0.287 e. The van der Waals surface area contributed by atoms with Crippen molar-refractivity contribution < 1.29 is 0 Å². The van der Waals surface area contributed by atoms with Crippen LogP contribution in [0.2, 0.25) is 0 Å². The SMILES string of the molecule is Cc1cncc(-c2cc(C(C)C)ccc(N=O)c2=O)c1. The van der Waals surface area contributed by atoms with Gasteiger partial charge in [-0.3, -0.25) is 9.78 Å². The molecule has 0 aliphatic carbocycles. The second kappa shape index (κ2) is 5.74. The average molecular weight is 268 g/mol. The van der Waals surface area contributed by atoms with Crippen molar-refractivity contribution in [3.63, 3.8) is 0 Å². The van der Waals surface area contributed by atoms with E-state index in [0.717, 1.165) is 11.1 Å². The molecule has 0 radical (unpaired) electrons. The summed E-state index contributed by atoms with van der Waals surface area (Å²) in [5, 5.41) is 2.84. The fourth-order valence-corrected chi connectivity index (χ4v) is 2.02. The lowest BCUT2D eigenvalue weighted by Gasteiger charge is -2.04. The van der Waals surface area contributed by atoms with E-state index >= 15 is 0 Å². The standard InChI is InChI=1S/C16H16N2O2/c1-10(2)12-4-5-15(18-20)16(19)14(7-12)13-6-11(3)8-17-9-13/h4-10H,1-3H3. The number of rotatable bonds is 3. The highest BCUT2D eigenvalue weighted by Gasteiger charge is 2.10. The van der Waals surface area contributed by atoms with Gasteiger partial charge in [-0.15, -0.1) is 4.91 Å². The number of nitrogens with zero attached hydrogens (tertiary/aromatic N) is 2. The Morgan fingerprint density at radius 2 is 1.90 bits per heavy atom. The minimum absolute atomic E-state index is 0.0755. The Balaban J connectivity index is 2.80. The molecule has 20 heavy (non-hydrogen) atoms. The molecule has 0 fully saturated rings. The molecule has 0 spiro atoms. The van der Waals surface area contributed by atoms with Gasteiger partial charge in [0.15, 0.2) is 5.69 Å². The minimum atomic E-state index is -0.362. The monoisotopic (exact) mass is 268 g/mol. The summed E-state index contributed by atoms with van der Waals surface area (Å²) in [6.07, 6.45) is 3.35. The van der Waals surface area contributed by atoms with Gasteiger partial charge in [-0.25, -0.2) is 0 Å². The number of pyridine rings is 1. The van der Waals surface area contributed by atoms with E-state index in [-0.39, 0.29) is 17.0 Å². The molecule has 0 N–H and O–H groups in total. The lowest BCUT2D eigenvalue weighted by atomic mass is 10.0. The van der Waals surface area contributed by atoms with Gasteiger partial charge in [-0.05, 0) is 47.3 Å². The zero-order chi connectivity index (χ0) is 14.7. The minimum Gasteiger partial charge on any atom is -0.287 e. The Bertz CT molecular complexity index is 709. The maximum atomic E-state index is 12.4. The first kappa shape index (κ1) is 14.1. The van der Waals surface area contributed by atoms with Crippen molar-refractivity contribution in [1.29, 1.82) is 0 Å². The van der Waals surface area contributed by atoms with Crippen molar-refractivity contribution in [2.24, 2.45) is 5.18 Å². The summed E-state index contributed by atoms with van der Waals surface area (Å²) in [6, 6.07) is 6.95. The average Bonchev–Trinajstić information content (AvgIpc) is 2.58. The Kier molecular flexibility index (Phi) is 4.03. The summed E-state index contributed by atoms with van der Waals surface area (Å²) < 4.78 is 0. The Hall–Kier alpha value is -2.36. The van der Waals surface area contributed by atoms with Crippen molar-refractivity contribution in [1.82, 2.24) is 4.98 Å². The van der Waals surface area contributed by atoms with E-state index in [0.29, 0.717) is 11.1 Å². The molecule has 4 nitrogen and oxygen atoms in total. The van der Waals surface area contributed by atoms with Crippen LogP contribution >= 0.6 is 0 Å². The van der Waals surface area contributed by atoms with Gasteiger partial charge in [0.2, 0.25) is 5.43 Å². The number of hydrogen-bond acceptors (Lipinski definition) is 4. The molecule has 1 aromatic carbocycles. The highest BCUT2D eigenvalue weighted by atomic mass is 16.3. The summed E-state index contributed by atoms with van der Waals surface area (Å²) in [7, 11) is 0. The third-order valence-corrected chi connectivity index (χ3v) is 3.17. The van der Waals surface area contributed by atoms with Crippen LogP contribution in [0.15, 0.2) is 46.6 Å². The Morgan fingerprint density at radius 3 is 2.50 bits per heavy atom. The van der Waals surface area contributed by atoms with Gasteiger partial charge in [0, 0.05) is 23.5 Å². The molecule has 0 aliphatic rings. The van der Waals surface area contributed by atoms with E-state index in [4.69, 9.17) is 0 Å². The molecule has 0 unspecified atom stereocenters. The quantitative estimate of drug-likeness (QED) is 0.792. The van der Waals surface area contributed by atoms with Crippen LogP contribution in [0.1, 0.15) is 30.9 Å². The zero-order valence-electron chi connectivity index (χ0n) is 11.8. The van der Waals surface area contributed by atoms with E-state index in [1.807, 2.05) is 32.9 Å². The third kappa shape index (κ3) is 2.79. The van der Waals surface area contributed by atoms with E-state index in [9.17, 15) is 9.70 Å². The van der Waals surface area contributed by atoms with Crippen LogP contribution in [0, 0.1) is 11.8 Å². The summed E-state index contributed by atoms with van der Waals surface area (Å²) in [4.78, 5) is 27.3. The molecule has 0 bridgehead atoms. The van der Waals surface area contributed by atoms with Gasteiger partial charge in [-0.1, -0.05) is 19.9 Å². The van der Waals surface area contributed by atoms with Crippen LogP contribution in [0.3, 0.4) is 0 Å². The molecule has 2 aromatic rings. The first-order valence-corrected chi connectivity index (χ1v) is 6.46. The fraction of sp³-hybridized carbons (Fsp3) is 0.250. The second-order valence-corrected chi connectivity index (χ2v) is 5.10. The summed E-state index contributed by atoms with van der Waals surface area (Å²) in [5.41, 5.74) is 2.67. The number of aromatic nitrogens is 1. The van der Waals surface area contributed by atoms with Crippen molar-refractivity contribution in [3.05, 3.63) is 62.9 Å². The fourth-order valence-electron chi connectivity index (χ4n) is 2.02. The summed E-state index contributed by atoms with van der Waals surface area (Å²) in [6.45, 7) is 5.98. The van der Waals surface area contributed by atoms with Gasteiger partial charge in [0.1, 0.15) is 0 Å². The van der Waals surface area contributed by atoms with Crippen molar-refractivity contribution >= 4 is 5.69 Å². The maximum absolute atomic E-state index is 12.4. The third-order valence-electron chi connectivity index (χ3n) is 3.17.